The number of aryl methyl sites for hydroxylation is 1. The van der Waals surface area contributed by atoms with E-state index in [-0.39, 0.29) is 6.03 Å². The lowest BCUT2D eigenvalue weighted by molar-refractivity contribution is 0.252. The lowest BCUT2D eigenvalue weighted by Crippen LogP contribution is -2.30. The molecule has 3 aromatic rings. The smallest absolute Gasteiger partial charge is 0.319 e. The van der Waals surface area contributed by atoms with E-state index < -0.39 is 0 Å². The van der Waals surface area contributed by atoms with Gasteiger partial charge in [0.15, 0.2) is 5.75 Å². The van der Waals surface area contributed by atoms with E-state index in [9.17, 15) is 4.79 Å². The molecular weight excluding hydrogens is 326 g/mol. The second-order valence-electron chi connectivity index (χ2n) is 5.91. The Bertz CT molecular complexity index is 866. The first-order valence-corrected chi connectivity index (χ1v) is 8.48. The third-order valence-electron chi connectivity index (χ3n) is 3.77. The molecule has 2 N–H and O–H groups in total. The summed E-state index contributed by atoms with van der Waals surface area (Å²) < 4.78 is 5.91. The molecule has 0 atom stereocenters. The minimum atomic E-state index is -0.269. The van der Waals surface area contributed by atoms with Gasteiger partial charge in [-0.2, -0.15) is 0 Å². The summed E-state index contributed by atoms with van der Waals surface area (Å²) in [5.41, 5.74) is 2.81. The monoisotopic (exact) mass is 347 g/mol. The molecule has 3 rings (SSSR count). The largest absolute Gasteiger partial charge is 0.455 e. The molecule has 0 unspecified atom stereocenters. The molecule has 1 heterocycles. The van der Waals surface area contributed by atoms with Gasteiger partial charge in [-0.3, -0.25) is 4.98 Å². The molecule has 0 bridgehead atoms. The number of ether oxygens (including phenoxy) is 1. The van der Waals surface area contributed by atoms with Crippen molar-refractivity contribution in [2.24, 2.45) is 0 Å². The zero-order chi connectivity index (χ0) is 18.2. The number of nitrogens with zero attached hydrogens (tertiary/aromatic N) is 1. The fourth-order valence-electron chi connectivity index (χ4n) is 2.50. The van der Waals surface area contributed by atoms with Crippen molar-refractivity contribution in [1.29, 1.82) is 0 Å². The van der Waals surface area contributed by atoms with Gasteiger partial charge in [0, 0.05) is 18.9 Å². The van der Waals surface area contributed by atoms with Gasteiger partial charge < -0.3 is 15.4 Å². The normalized spacial score (nSPS) is 10.2. The van der Waals surface area contributed by atoms with Gasteiger partial charge in [0.2, 0.25) is 0 Å². The first kappa shape index (κ1) is 17.5. The molecule has 5 heteroatoms. The summed E-state index contributed by atoms with van der Waals surface area (Å²) in [5.74, 6) is 1.33. The van der Waals surface area contributed by atoms with Crippen molar-refractivity contribution in [3.63, 3.8) is 0 Å². The third kappa shape index (κ3) is 5.08. The minimum Gasteiger partial charge on any atom is -0.455 e. The average Bonchev–Trinajstić information content (AvgIpc) is 2.64. The molecule has 26 heavy (non-hydrogen) atoms. The molecule has 0 saturated carbocycles. The van der Waals surface area contributed by atoms with E-state index in [1.54, 1.807) is 12.4 Å². The summed E-state index contributed by atoms with van der Waals surface area (Å²) in [7, 11) is 0. The molecule has 1 aromatic heterocycles. The third-order valence-corrected chi connectivity index (χ3v) is 3.77. The van der Waals surface area contributed by atoms with Gasteiger partial charge in [0.1, 0.15) is 5.75 Å². The van der Waals surface area contributed by atoms with Crippen LogP contribution >= 0.6 is 0 Å². The van der Waals surface area contributed by atoms with Crippen LogP contribution in [0.5, 0.6) is 11.5 Å². The maximum atomic E-state index is 12.2. The van der Waals surface area contributed by atoms with Gasteiger partial charge in [-0.05, 0) is 54.8 Å². The Hall–Kier alpha value is -3.34. The van der Waals surface area contributed by atoms with E-state index in [4.69, 9.17) is 4.74 Å². The number of urea groups is 1. The molecule has 0 radical (unpaired) electrons. The molecule has 0 spiro atoms. The number of hydrogen-bond acceptors (Lipinski definition) is 3. The molecule has 132 valence electrons. The van der Waals surface area contributed by atoms with Crippen molar-refractivity contribution in [1.82, 2.24) is 10.3 Å². The fraction of sp³-hybridized carbons (Fsp3) is 0.143. The number of benzene rings is 2. The van der Waals surface area contributed by atoms with Crippen LogP contribution in [0.25, 0.3) is 0 Å². The molecule has 2 amide bonds. The van der Waals surface area contributed by atoms with Gasteiger partial charge in [-0.15, -0.1) is 0 Å². The fourth-order valence-corrected chi connectivity index (χ4v) is 2.50. The van der Waals surface area contributed by atoms with Crippen molar-refractivity contribution >= 4 is 11.7 Å². The summed E-state index contributed by atoms with van der Waals surface area (Å²) in [4.78, 5) is 16.2. The Kier molecular flexibility index (Phi) is 5.83. The van der Waals surface area contributed by atoms with Crippen LogP contribution in [0.4, 0.5) is 10.5 Å². The van der Waals surface area contributed by atoms with E-state index in [0.717, 1.165) is 23.3 Å². The SMILES string of the molecule is Cc1cccc(Oc2ccccc2NC(=O)NCCc2cccnc2)c1. The number of para-hydroxylation sites is 2. The first-order chi connectivity index (χ1) is 12.7. The van der Waals surface area contributed by atoms with E-state index in [1.165, 1.54) is 0 Å². The summed E-state index contributed by atoms with van der Waals surface area (Å²) in [6.45, 7) is 2.53. The summed E-state index contributed by atoms with van der Waals surface area (Å²) in [6.07, 6.45) is 4.25. The lowest BCUT2D eigenvalue weighted by Gasteiger charge is -2.13. The van der Waals surface area contributed by atoms with Crippen LogP contribution in [0.1, 0.15) is 11.1 Å². The maximum absolute atomic E-state index is 12.2. The Morgan fingerprint density at radius 3 is 2.77 bits per heavy atom. The van der Waals surface area contributed by atoms with Gasteiger partial charge in [0.25, 0.3) is 0 Å². The van der Waals surface area contributed by atoms with E-state index in [1.807, 2.05) is 67.6 Å². The average molecular weight is 347 g/mol. The van der Waals surface area contributed by atoms with Gasteiger partial charge in [-0.1, -0.05) is 30.3 Å². The van der Waals surface area contributed by atoms with Crippen LogP contribution in [0, 0.1) is 6.92 Å². The van der Waals surface area contributed by atoms with E-state index in [0.29, 0.717) is 18.0 Å². The van der Waals surface area contributed by atoms with E-state index in [2.05, 4.69) is 15.6 Å². The molecule has 0 aliphatic rings. The molecular formula is C21H21N3O2. The number of amides is 2. The highest BCUT2D eigenvalue weighted by molar-refractivity contribution is 5.90. The van der Waals surface area contributed by atoms with Crippen molar-refractivity contribution < 1.29 is 9.53 Å². The van der Waals surface area contributed by atoms with Gasteiger partial charge in [-0.25, -0.2) is 4.79 Å². The quantitative estimate of drug-likeness (QED) is 0.688. The number of aromatic nitrogens is 1. The maximum Gasteiger partial charge on any atom is 0.319 e. The molecule has 5 nitrogen and oxygen atoms in total. The van der Waals surface area contributed by atoms with Gasteiger partial charge in [0.05, 0.1) is 5.69 Å². The number of carbonyl (C=O) groups excluding carboxylic acids is 1. The zero-order valence-electron chi connectivity index (χ0n) is 14.6. The van der Waals surface area contributed by atoms with Crippen LogP contribution < -0.4 is 15.4 Å². The number of rotatable bonds is 6. The lowest BCUT2D eigenvalue weighted by atomic mass is 10.2. The van der Waals surface area contributed by atoms with Crippen LogP contribution in [-0.2, 0) is 6.42 Å². The van der Waals surface area contributed by atoms with Gasteiger partial charge >= 0.3 is 6.03 Å². The van der Waals surface area contributed by atoms with Crippen LogP contribution in [0.2, 0.25) is 0 Å². The number of hydrogen-bond donors (Lipinski definition) is 2. The van der Waals surface area contributed by atoms with Crippen molar-refractivity contribution in [2.45, 2.75) is 13.3 Å². The van der Waals surface area contributed by atoms with Crippen LogP contribution in [-0.4, -0.2) is 17.6 Å². The Morgan fingerprint density at radius 2 is 1.96 bits per heavy atom. The van der Waals surface area contributed by atoms with Crippen LogP contribution in [0.15, 0.2) is 73.1 Å². The number of nitrogens with one attached hydrogen (secondary N) is 2. The second-order valence-corrected chi connectivity index (χ2v) is 5.91. The second kappa shape index (κ2) is 8.67. The van der Waals surface area contributed by atoms with Crippen molar-refractivity contribution in [3.05, 3.63) is 84.2 Å². The predicted molar refractivity (Wildman–Crippen MR) is 103 cm³/mol. The van der Waals surface area contributed by atoms with Crippen molar-refractivity contribution in [2.75, 3.05) is 11.9 Å². The molecule has 0 fully saturated rings. The highest BCUT2D eigenvalue weighted by atomic mass is 16.5. The molecule has 0 aliphatic carbocycles. The molecule has 0 saturated heterocycles. The topological polar surface area (TPSA) is 63.2 Å². The van der Waals surface area contributed by atoms with E-state index >= 15 is 0 Å². The first-order valence-electron chi connectivity index (χ1n) is 8.48. The van der Waals surface area contributed by atoms with Crippen molar-refractivity contribution in [3.8, 4) is 11.5 Å². The Balaban J connectivity index is 1.58. The minimum absolute atomic E-state index is 0.269. The highest BCUT2D eigenvalue weighted by Gasteiger charge is 2.08. The highest BCUT2D eigenvalue weighted by Crippen LogP contribution is 2.29. The summed E-state index contributed by atoms with van der Waals surface area (Å²) in [5, 5.41) is 5.69. The standard InChI is InChI=1S/C21H21N3O2/c1-16-6-4-8-18(14-16)26-20-10-3-2-9-19(20)24-21(25)23-13-11-17-7-5-12-22-15-17/h2-10,12,14-15H,11,13H2,1H3,(H2,23,24,25). The summed E-state index contributed by atoms with van der Waals surface area (Å²) >= 11 is 0. The van der Waals surface area contributed by atoms with Crippen LogP contribution in [0.3, 0.4) is 0 Å². The number of pyridine rings is 1. The number of anilines is 1. The zero-order valence-corrected chi connectivity index (χ0v) is 14.6. The molecule has 2 aromatic carbocycles. The molecule has 0 aliphatic heterocycles. The number of carbonyl (C=O) groups is 1. The Morgan fingerprint density at radius 1 is 1.08 bits per heavy atom. The Labute approximate surface area is 153 Å². The summed E-state index contributed by atoms with van der Waals surface area (Å²) in [6, 6.07) is 18.7. The predicted octanol–water partition coefficient (Wildman–Crippen LogP) is 4.55.